The van der Waals surface area contributed by atoms with E-state index in [1.165, 1.54) is 36.1 Å². The first-order valence-electron chi connectivity index (χ1n) is 11.5. The zero-order valence-corrected chi connectivity index (χ0v) is 22.1. The number of anilines is 1. The molecule has 0 spiro atoms. The van der Waals surface area contributed by atoms with Crippen LogP contribution >= 0.6 is 11.3 Å². The summed E-state index contributed by atoms with van der Waals surface area (Å²) in [6, 6.07) is 10.4. The second kappa shape index (κ2) is 11.3. The molecule has 0 radical (unpaired) electrons. The maximum Gasteiger partial charge on any atom is 0.229 e. The minimum atomic E-state index is -3.60. The van der Waals surface area contributed by atoms with E-state index in [1.807, 2.05) is 13.0 Å². The van der Waals surface area contributed by atoms with Crippen LogP contribution in [0.15, 0.2) is 41.3 Å². The molecule has 0 saturated carbocycles. The number of ether oxygens (including phenoxy) is 1. The first-order chi connectivity index (χ1) is 16.2. The highest BCUT2D eigenvalue weighted by atomic mass is 32.2. The fourth-order valence-corrected chi connectivity index (χ4v) is 5.97. The smallest absolute Gasteiger partial charge is 0.229 e. The van der Waals surface area contributed by atoms with Crippen LogP contribution in [-0.2, 0) is 14.6 Å². The summed E-state index contributed by atoms with van der Waals surface area (Å²) in [7, 11) is -2.08. The number of rotatable bonds is 11. The number of fused-ring (bicyclic) bond motifs is 1. The first-order valence-corrected chi connectivity index (χ1v) is 13.9. The highest BCUT2D eigenvalue weighted by Crippen LogP contribution is 2.31. The molecule has 0 aliphatic carbocycles. The molecule has 3 aromatic rings. The van der Waals surface area contributed by atoms with Crippen LogP contribution in [-0.4, -0.2) is 63.3 Å². The Morgan fingerprint density at radius 3 is 2.29 bits per heavy atom. The van der Waals surface area contributed by atoms with Gasteiger partial charge in [-0.05, 0) is 74.5 Å². The topological polar surface area (TPSA) is 79.8 Å². The number of hydrogen-bond donors (Lipinski definition) is 0. The summed E-state index contributed by atoms with van der Waals surface area (Å²) >= 11 is 1.47. The van der Waals surface area contributed by atoms with Crippen LogP contribution in [0.1, 0.15) is 31.4 Å². The number of aromatic nitrogens is 1. The molecule has 184 valence electrons. The van der Waals surface area contributed by atoms with E-state index in [-0.39, 0.29) is 23.0 Å². The number of thiazole rings is 1. The minimum Gasteiger partial charge on any atom is -0.497 e. The Balaban J connectivity index is 1.82. The molecule has 0 atom stereocenters. The van der Waals surface area contributed by atoms with Crippen molar-refractivity contribution in [3.8, 4) is 5.75 Å². The molecule has 34 heavy (non-hydrogen) atoms. The van der Waals surface area contributed by atoms with Gasteiger partial charge in [-0.3, -0.25) is 9.69 Å². The van der Waals surface area contributed by atoms with Gasteiger partial charge in [-0.25, -0.2) is 13.4 Å². The third kappa shape index (κ3) is 6.14. The molecule has 0 N–H and O–H groups in total. The van der Waals surface area contributed by atoms with E-state index in [4.69, 9.17) is 9.72 Å². The number of carbonyl (C=O) groups is 1. The second-order valence-corrected chi connectivity index (χ2v) is 11.3. The van der Waals surface area contributed by atoms with E-state index in [0.29, 0.717) is 24.0 Å². The van der Waals surface area contributed by atoms with Crippen LogP contribution in [0, 0.1) is 13.8 Å². The van der Waals surface area contributed by atoms with Crippen molar-refractivity contribution < 1.29 is 17.9 Å². The minimum absolute atomic E-state index is 0.111. The Morgan fingerprint density at radius 1 is 1.03 bits per heavy atom. The third-order valence-electron chi connectivity index (χ3n) is 6.06. The lowest BCUT2D eigenvalue weighted by molar-refractivity contribution is -0.118. The Bertz CT molecular complexity index is 1190. The normalized spacial score (nSPS) is 11.8. The monoisotopic (exact) mass is 503 g/mol. The van der Waals surface area contributed by atoms with Gasteiger partial charge in [0.05, 0.1) is 28.0 Å². The summed E-state index contributed by atoms with van der Waals surface area (Å²) in [4.78, 5) is 22.1. The van der Waals surface area contributed by atoms with Crippen LogP contribution < -0.4 is 9.64 Å². The molecule has 3 rings (SSSR count). The van der Waals surface area contributed by atoms with Gasteiger partial charge in [0.25, 0.3) is 0 Å². The Labute approximate surface area is 206 Å². The van der Waals surface area contributed by atoms with E-state index in [2.05, 4.69) is 31.7 Å². The zero-order valence-electron chi connectivity index (χ0n) is 20.5. The van der Waals surface area contributed by atoms with Crippen molar-refractivity contribution in [2.75, 3.05) is 43.9 Å². The number of hydrogen-bond acceptors (Lipinski definition) is 7. The maximum atomic E-state index is 13.3. The molecular formula is C25H33N3O4S2. The molecule has 0 bridgehead atoms. The number of carbonyl (C=O) groups excluding carboxylic acids is 1. The first kappa shape index (κ1) is 26.1. The van der Waals surface area contributed by atoms with Crippen molar-refractivity contribution in [2.24, 2.45) is 0 Å². The molecule has 9 heteroatoms. The quantitative estimate of drug-likeness (QED) is 0.384. The number of likely N-dealkylation sites (N-methyl/N-ethyl adjacent to an activating group) is 1. The zero-order chi connectivity index (χ0) is 24.9. The second-order valence-electron chi connectivity index (χ2n) is 8.22. The van der Waals surface area contributed by atoms with Gasteiger partial charge in [-0.1, -0.05) is 25.2 Å². The van der Waals surface area contributed by atoms with Gasteiger partial charge in [0.2, 0.25) is 5.91 Å². The van der Waals surface area contributed by atoms with Gasteiger partial charge < -0.3 is 9.64 Å². The SMILES string of the molecule is CCN(CC)CCN(C(=O)CCS(=O)(=O)c1ccc(OC)cc1)c1nc2cc(C)c(C)cc2s1. The summed E-state index contributed by atoms with van der Waals surface area (Å²) in [6.07, 6.45) is -0.111. The fourth-order valence-electron chi connectivity index (χ4n) is 3.65. The number of benzene rings is 2. The Hall–Kier alpha value is -2.49. The highest BCUT2D eigenvalue weighted by Gasteiger charge is 2.24. The number of sulfone groups is 1. The summed E-state index contributed by atoms with van der Waals surface area (Å²) in [5, 5.41) is 0.610. The molecular weight excluding hydrogens is 470 g/mol. The standard InChI is InChI=1S/C25H33N3O4S2/c1-6-27(7-2)13-14-28(25-26-22-16-18(3)19(4)17-23(22)33-25)24(29)12-15-34(30,31)21-10-8-20(32-5)9-11-21/h8-11,16-17H,6-7,12-15H2,1-5H3. The average molecular weight is 504 g/mol. The van der Waals surface area contributed by atoms with E-state index in [1.54, 1.807) is 17.0 Å². The van der Waals surface area contributed by atoms with Crippen LogP contribution in [0.3, 0.4) is 0 Å². The molecule has 0 unspecified atom stereocenters. The third-order valence-corrected chi connectivity index (χ3v) is 8.84. The average Bonchev–Trinajstić information content (AvgIpc) is 3.22. The predicted molar refractivity (Wildman–Crippen MR) is 139 cm³/mol. The van der Waals surface area contributed by atoms with E-state index in [9.17, 15) is 13.2 Å². The van der Waals surface area contributed by atoms with Crippen LogP contribution in [0.25, 0.3) is 10.2 Å². The summed E-state index contributed by atoms with van der Waals surface area (Å²) < 4.78 is 31.8. The molecule has 0 fully saturated rings. The number of nitrogens with zero attached hydrogens (tertiary/aromatic N) is 3. The summed E-state index contributed by atoms with van der Waals surface area (Å²) in [5.41, 5.74) is 3.18. The summed E-state index contributed by atoms with van der Waals surface area (Å²) in [6.45, 7) is 11.2. The van der Waals surface area contributed by atoms with Gasteiger partial charge in [-0.15, -0.1) is 0 Å². The molecule has 1 amide bonds. The van der Waals surface area contributed by atoms with E-state index < -0.39 is 9.84 Å². The lowest BCUT2D eigenvalue weighted by Crippen LogP contribution is -2.39. The van der Waals surface area contributed by atoms with E-state index in [0.717, 1.165) is 28.9 Å². The Kier molecular flexibility index (Phi) is 8.67. The van der Waals surface area contributed by atoms with Gasteiger partial charge in [0.1, 0.15) is 5.75 Å². The molecule has 2 aromatic carbocycles. The van der Waals surface area contributed by atoms with Crippen molar-refractivity contribution in [2.45, 2.75) is 39.0 Å². The van der Waals surface area contributed by atoms with Crippen molar-refractivity contribution in [1.82, 2.24) is 9.88 Å². The van der Waals surface area contributed by atoms with Crippen LogP contribution in [0.5, 0.6) is 5.75 Å². The maximum absolute atomic E-state index is 13.3. The number of methoxy groups -OCH3 is 1. The van der Waals surface area contributed by atoms with Gasteiger partial charge in [-0.2, -0.15) is 0 Å². The van der Waals surface area contributed by atoms with Crippen molar-refractivity contribution >= 4 is 42.4 Å². The number of amides is 1. The molecule has 0 aliphatic rings. The lowest BCUT2D eigenvalue weighted by atomic mass is 10.1. The largest absolute Gasteiger partial charge is 0.497 e. The fraction of sp³-hybridized carbons (Fsp3) is 0.440. The highest BCUT2D eigenvalue weighted by molar-refractivity contribution is 7.91. The Morgan fingerprint density at radius 2 is 1.68 bits per heavy atom. The summed E-state index contributed by atoms with van der Waals surface area (Å²) in [5.74, 6) is 0.0823. The van der Waals surface area contributed by atoms with E-state index >= 15 is 0 Å². The van der Waals surface area contributed by atoms with Crippen LogP contribution in [0.2, 0.25) is 0 Å². The molecule has 0 aliphatic heterocycles. The molecule has 0 saturated heterocycles. The molecule has 1 heterocycles. The van der Waals surface area contributed by atoms with Crippen molar-refractivity contribution in [1.29, 1.82) is 0 Å². The van der Waals surface area contributed by atoms with Gasteiger partial charge in [0.15, 0.2) is 15.0 Å². The van der Waals surface area contributed by atoms with Gasteiger partial charge in [0, 0.05) is 19.5 Å². The molecule has 7 nitrogen and oxygen atoms in total. The van der Waals surface area contributed by atoms with Crippen molar-refractivity contribution in [3.05, 3.63) is 47.5 Å². The van der Waals surface area contributed by atoms with Gasteiger partial charge >= 0.3 is 0 Å². The molecule has 1 aromatic heterocycles. The lowest BCUT2D eigenvalue weighted by Gasteiger charge is -2.24. The van der Waals surface area contributed by atoms with Crippen molar-refractivity contribution in [3.63, 3.8) is 0 Å². The predicted octanol–water partition coefficient (Wildman–Crippen LogP) is 4.46. The number of aryl methyl sites for hydroxylation is 2. The van der Waals surface area contributed by atoms with Crippen LogP contribution in [0.4, 0.5) is 5.13 Å².